The van der Waals surface area contributed by atoms with Crippen molar-refractivity contribution in [1.82, 2.24) is 0 Å². The fourth-order valence-corrected chi connectivity index (χ4v) is 5.10. The highest BCUT2D eigenvalue weighted by Crippen LogP contribution is 2.45. The maximum absolute atomic E-state index is 10.9. The molecular formula is C26H24O4S. The first-order valence-electron chi connectivity index (χ1n) is 10.1. The first-order valence-corrected chi connectivity index (χ1v) is 11.4. The molecule has 0 spiro atoms. The summed E-state index contributed by atoms with van der Waals surface area (Å²) < 4.78 is 11.0. The topological polar surface area (TPSA) is 59.7 Å². The Morgan fingerprint density at radius 2 is 1.61 bits per heavy atom. The van der Waals surface area contributed by atoms with Crippen LogP contribution in [0.4, 0.5) is 0 Å². The van der Waals surface area contributed by atoms with Crippen LogP contribution in [0.15, 0.2) is 89.5 Å². The van der Waals surface area contributed by atoms with Gasteiger partial charge in [0.1, 0.15) is 0 Å². The van der Waals surface area contributed by atoms with Crippen LogP contribution in [0.2, 0.25) is 0 Å². The highest BCUT2D eigenvalue weighted by Gasteiger charge is 2.33. The number of rotatable bonds is 9. The minimum absolute atomic E-state index is 0.191. The van der Waals surface area contributed by atoms with Gasteiger partial charge in [-0.05, 0) is 41.9 Å². The molecule has 0 aliphatic heterocycles. The van der Waals surface area contributed by atoms with E-state index in [1.165, 1.54) is 11.1 Å². The van der Waals surface area contributed by atoms with Crippen molar-refractivity contribution >= 4 is 28.7 Å². The Balaban J connectivity index is 1.67. The Morgan fingerprint density at radius 3 is 2.19 bits per heavy atom. The Bertz CT molecular complexity index is 1110. The van der Waals surface area contributed by atoms with Gasteiger partial charge < -0.3 is 14.3 Å². The van der Waals surface area contributed by atoms with Gasteiger partial charge in [0.05, 0.1) is 11.0 Å². The summed E-state index contributed by atoms with van der Waals surface area (Å²) in [6.07, 6.45) is 5.61. The van der Waals surface area contributed by atoms with Crippen molar-refractivity contribution in [2.24, 2.45) is 0 Å². The molecule has 0 amide bonds. The van der Waals surface area contributed by atoms with E-state index < -0.39 is 12.6 Å². The highest BCUT2D eigenvalue weighted by atomic mass is 32.2. The predicted octanol–water partition coefficient (Wildman–Crippen LogP) is 6.14. The van der Waals surface area contributed by atoms with E-state index in [-0.39, 0.29) is 4.75 Å². The number of hydrogen-bond donors (Lipinski definition) is 1. The smallest absolute Gasteiger partial charge is 0.341 e. The molecule has 0 saturated carbocycles. The lowest BCUT2D eigenvalue weighted by atomic mass is 9.85. The first kappa shape index (κ1) is 21.1. The van der Waals surface area contributed by atoms with Gasteiger partial charge in [0.25, 0.3) is 0 Å². The lowest BCUT2D eigenvalue weighted by Crippen LogP contribution is -2.24. The van der Waals surface area contributed by atoms with Gasteiger partial charge in [-0.25, -0.2) is 4.79 Å². The number of aryl methyl sites for hydroxylation is 1. The summed E-state index contributed by atoms with van der Waals surface area (Å²) >= 11 is 1.84. The Hall–Kier alpha value is -3.18. The number of aliphatic carboxylic acids is 1. The number of ether oxygens (including phenoxy) is 1. The molecule has 5 heteroatoms. The second kappa shape index (κ2) is 9.31. The third-order valence-electron chi connectivity index (χ3n) is 5.57. The van der Waals surface area contributed by atoms with Gasteiger partial charge in [0.15, 0.2) is 17.9 Å². The molecule has 31 heavy (non-hydrogen) atoms. The molecule has 4 aromatic rings. The number of fused-ring (bicyclic) bond motifs is 1. The summed E-state index contributed by atoms with van der Waals surface area (Å²) in [4.78, 5) is 10.9. The van der Waals surface area contributed by atoms with Crippen LogP contribution < -0.4 is 4.74 Å². The third kappa shape index (κ3) is 4.32. The van der Waals surface area contributed by atoms with E-state index in [2.05, 4.69) is 54.8 Å². The normalized spacial score (nSPS) is 11.5. The van der Waals surface area contributed by atoms with Crippen molar-refractivity contribution in [2.75, 3.05) is 12.9 Å². The van der Waals surface area contributed by atoms with E-state index in [0.29, 0.717) is 11.3 Å². The molecule has 1 aromatic heterocycles. The molecule has 0 aliphatic rings. The van der Waals surface area contributed by atoms with E-state index in [1.807, 2.05) is 36.0 Å². The molecule has 3 aromatic carbocycles. The number of hydrogen-bond acceptors (Lipinski definition) is 4. The zero-order valence-corrected chi connectivity index (χ0v) is 18.1. The maximum atomic E-state index is 10.9. The second-order valence-electron chi connectivity index (χ2n) is 7.34. The number of furan rings is 1. The Kier molecular flexibility index (Phi) is 6.33. The van der Waals surface area contributed by atoms with Gasteiger partial charge in [0.2, 0.25) is 0 Å². The van der Waals surface area contributed by atoms with Crippen LogP contribution in [0.1, 0.15) is 23.1 Å². The SMILES string of the molecule is CSC(CCc1coc2c(OCC(=O)O)cccc12)(c1ccccc1)c1ccccc1. The molecular weight excluding hydrogens is 408 g/mol. The van der Waals surface area contributed by atoms with Gasteiger partial charge in [-0.15, -0.1) is 11.8 Å². The van der Waals surface area contributed by atoms with Crippen molar-refractivity contribution < 1.29 is 19.1 Å². The fourth-order valence-electron chi connectivity index (χ4n) is 4.05. The number of para-hydroxylation sites is 1. The number of carboxylic acid groups (broad SMARTS) is 1. The quantitative estimate of drug-likeness (QED) is 0.344. The molecule has 4 nitrogen and oxygen atoms in total. The Morgan fingerprint density at radius 1 is 0.968 bits per heavy atom. The maximum Gasteiger partial charge on any atom is 0.341 e. The molecule has 1 heterocycles. The predicted molar refractivity (Wildman–Crippen MR) is 125 cm³/mol. The van der Waals surface area contributed by atoms with Gasteiger partial charge >= 0.3 is 5.97 Å². The average molecular weight is 433 g/mol. The Labute approximate surface area is 185 Å². The number of benzene rings is 3. The molecule has 0 unspecified atom stereocenters. The third-order valence-corrected chi connectivity index (χ3v) is 6.94. The minimum atomic E-state index is -1.01. The minimum Gasteiger partial charge on any atom is -0.479 e. The summed E-state index contributed by atoms with van der Waals surface area (Å²) in [7, 11) is 0. The standard InChI is InChI=1S/C26H24O4S/c1-31-26(20-9-4-2-5-10-20,21-11-6-3-7-12-21)16-15-19-17-30-25-22(19)13-8-14-23(25)29-18-24(27)28/h2-14,17H,15-16,18H2,1H3,(H,27,28). The summed E-state index contributed by atoms with van der Waals surface area (Å²) in [5.74, 6) is -0.562. The molecule has 0 bridgehead atoms. The van der Waals surface area contributed by atoms with E-state index in [0.717, 1.165) is 23.8 Å². The lowest BCUT2D eigenvalue weighted by molar-refractivity contribution is -0.139. The van der Waals surface area contributed by atoms with Crippen molar-refractivity contribution in [1.29, 1.82) is 0 Å². The number of carboxylic acids is 1. The first-order chi connectivity index (χ1) is 15.1. The fraction of sp³-hybridized carbons (Fsp3) is 0.192. The van der Waals surface area contributed by atoms with Gasteiger partial charge in [-0.1, -0.05) is 72.8 Å². The van der Waals surface area contributed by atoms with Crippen LogP contribution in [-0.4, -0.2) is 23.9 Å². The monoisotopic (exact) mass is 432 g/mol. The average Bonchev–Trinajstić information content (AvgIpc) is 3.23. The van der Waals surface area contributed by atoms with E-state index in [4.69, 9.17) is 14.3 Å². The summed E-state index contributed by atoms with van der Waals surface area (Å²) in [5, 5.41) is 9.87. The molecule has 0 atom stereocenters. The molecule has 0 aliphatic carbocycles. The van der Waals surface area contributed by atoms with Crippen LogP contribution in [0.3, 0.4) is 0 Å². The molecule has 1 N–H and O–H groups in total. The van der Waals surface area contributed by atoms with Crippen molar-refractivity contribution in [2.45, 2.75) is 17.6 Å². The summed E-state index contributed by atoms with van der Waals surface area (Å²) in [5.41, 5.74) is 4.22. The van der Waals surface area contributed by atoms with E-state index in [1.54, 1.807) is 12.3 Å². The lowest BCUT2D eigenvalue weighted by Gasteiger charge is -2.33. The van der Waals surface area contributed by atoms with Crippen molar-refractivity contribution in [3.8, 4) is 5.75 Å². The largest absolute Gasteiger partial charge is 0.479 e. The van der Waals surface area contributed by atoms with Crippen molar-refractivity contribution in [3.63, 3.8) is 0 Å². The molecule has 0 radical (unpaired) electrons. The molecule has 0 saturated heterocycles. The highest BCUT2D eigenvalue weighted by molar-refractivity contribution is 7.99. The molecule has 158 valence electrons. The van der Waals surface area contributed by atoms with Gasteiger partial charge in [-0.2, -0.15) is 0 Å². The van der Waals surface area contributed by atoms with Crippen LogP contribution >= 0.6 is 11.8 Å². The number of carbonyl (C=O) groups is 1. The molecule has 0 fully saturated rings. The zero-order valence-electron chi connectivity index (χ0n) is 17.3. The van der Waals surface area contributed by atoms with Crippen LogP contribution in [0.25, 0.3) is 11.0 Å². The summed E-state index contributed by atoms with van der Waals surface area (Å²) in [6.45, 7) is -0.396. The zero-order chi connectivity index (χ0) is 21.7. The van der Waals surface area contributed by atoms with E-state index >= 15 is 0 Å². The van der Waals surface area contributed by atoms with Crippen LogP contribution in [0, 0.1) is 0 Å². The second-order valence-corrected chi connectivity index (χ2v) is 8.44. The van der Waals surface area contributed by atoms with Crippen LogP contribution in [-0.2, 0) is 16.0 Å². The van der Waals surface area contributed by atoms with Crippen LogP contribution in [0.5, 0.6) is 5.75 Å². The van der Waals surface area contributed by atoms with Gasteiger partial charge in [0, 0.05) is 5.39 Å². The van der Waals surface area contributed by atoms with Gasteiger partial charge in [-0.3, -0.25) is 0 Å². The van der Waals surface area contributed by atoms with Crippen molar-refractivity contribution in [3.05, 3.63) is 102 Å². The summed E-state index contributed by atoms with van der Waals surface area (Å²) in [6, 6.07) is 26.8. The molecule has 4 rings (SSSR count). The van der Waals surface area contributed by atoms with E-state index in [9.17, 15) is 4.79 Å². The number of thioether (sulfide) groups is 1.